The fourth-order valence-corrected chi connectivity index (χ4v) is 3.81. The summed E-state index contributed by atoms with van der Waals surface area (Å²) >= 11 is 1.08. The van der Waals surface area contributed by atoms with Crippen LogP contribution in [0.4, 0.5) is 10.6 Å². The van der Waals surface area contributed by atoms with E-state index in [9.17, 15) is 14.4 Å². The second-order valence-corrected chi connectivity index (χ2v) is 8.61. The maximum absolute atomic E-state index is 12.8. The molecule has 0 radical (unpaired) electrons. The number of thiophene rings is 1. The Morgan fingerprint density at radius 3 is 2.40 bits per heavy atom. The minimum absolute atomic E-state index is 0.0269. The largest absolute Gasteiger partial charge is 0.465 e. The molecular weight excluding hydrogens is 406 g/mol. The van der Waals surface area contributed by atoms with Crippen LogP contribution in [0.25, 0.3) is 10.2 Å². The molecule has 2 heterocycles. The van der Waals surface area contributed by atoms with Gasteiger partial charge in [-0.05, 0) is 36.1 Å². The zero-order valence-electron chi connectivity index (χ0n) is 17.4. The maximum Gasteiger partial charge on any atom is 0.435 e. The zero-order chi connectivity index (χ0) is 22.1. The number of esters is 1. The summed E-state index contributed by atoms with van der Waals surface area (Å²) < 4.78 is 11.3. The quantitative estimate of drug-likeness (QED) is 0.616. The molecule has 2 aromatic heterocycles. The number of amides is 1. The molecule has 3 aromatic rings. The normalized spacial score (nSPS) is 11.4. The lowest BCUT2D eigenvalue weighted by Crippen LogP contribution is -2.17. The molecule has 0 bridgehead atoms. The number of nitrogens with one attached hydrogen (secondary N) is 1. The van der Waals surface area contributed by atoms with E-state index >= 15 is 0 Å². The average molecular weight is 429 g/mol. The Labute approximate surface area is 177 Å². The average Bonchev–Trinajstić information content (AvgIpc) is 3.27. The van der Waals surface area contributed by atoms with Crippen molar-refractivity contribution in [3.05, 3.63) is 46.3 Å². The molecule has 0 unspecified atom stereocenters. The van der Waals surface area contributed by atoms with Gasteiger partial charge >= 0.3 is 12.1 Å². The Kier molecular flexibility index (Phi) is 5.93. The van der Waals surface area contributed by atoms with Crippen LogP contribution in [0.15, 0.2) is 30.3 Å². The van der Waals surface area contributed by atoms with Crippen LogP contribution >= 0.6 is 11.3 Å². The minimum Gasteiger partial charge on any atom is -0.465 e. The third-order valence-electron chi connectivity index (χ3n) is 4.43. The number of anilines is 1. The van der Waals surface area contributed by atoms with E-state index in [1.54, 1.807) is 19.1 Å². The number of carbonyl (C=O) groups is 3. The molecule has 0 aliphatic rings. The molecule has 1 aromatic carbocycles. The molecule has 0 atom stereocenters. The lowest BCUT2D eigenvalue weighted by Gasteiger charge is -2.18. The van der Waals surface area contributed by atoms with Gasteiger partial charge in [0.05, 0.1) is 23.9 Å². The first-order valence-electron chi connectivity index (χ1n) is 9.35. The second kappa shape index (κ2) is 8.27. The third kappa shape index (κ3) is 4.20. The summed E-state index contributed by atoms with van der Waals surface area (Å²) in [6, 6.07) is 8.78. The van der Waals surface area contributed by atoms with Gasteiger partial charge in [0.25, 0.3) is 5.91 Å². The van der Waals surface area contributed by atoms with Crippen LogP contribution in [-0.4, -0.2) is 41.5 Å². The number of carbonyl (C=O) groups excluding carboxylic acids is 3. The van der Waals surface area contributed by atoms with Crippen molar-refractivity contribution in [3.8, 4) is 0 Å². The van der Waals surface area contributed by atoms with Crippen LogP contribution in [0, 0.1) is 0 Å². The highest BCUT2D eigenvalue weighted by Crippen LogP contribution is 2.33. The first kappa shape index (κ1) is 21.5. The van der Waals surface area contributed by atoms with Gasteiger partial charge in [0.2, 0.25) is 0 Å². The summed E-state index contributed by atoms with van der Waals surface area (Å²) in [7, 11) is 1.27. The van der Waals surface area contributed by atoms with Gasteiger partial charge in [-0.1, -0.05) is 32.9 Å². The fraction of sp³-hybridized carbons (Fsp3) is 0.333. The molecule has 1 amide bonds. The van der Waals surface area contributed by atoms with Crippen LogP contribution in [0.2, 0.25) is 0 Å². The highest BCUT2D eigenvalue weighted by atomic mass is 32.1. The van der Waals surface area contributed by atoms with Gasteiger partial charge in [-0.2, -0.15) is 4.68 Å². The van der Waals surface area contributed by atoms with E-state index in [1.807, 2.05) is 12.1 Å². The van der Waals surface area contributed by atoms with Gasteiger partial charge in [0.15, 0.2) is 5.82 Å². The lowest BCUT2D eigenvalue weighted by molar-refractivity contribution is 0.0606. The van der Waals surface area contributed by atoms with E-state index in [-0.39, 0.29) is 28.6 Å². The van der Waals surface area contributed by atoms with Gasteiger partial charge in [-0.3, -0.25) is 4.79 Å². The number of nitrogens with zero attached hydrogens (tertiary/aromatic N) is 2. The summed E-state index contributed by atoms with van der Waals surface area (Å²) in [5.74, 6) is -0.747. The molecule has 8 nitrogen and oxygen atoms in total. The summed E-state index contributed by atoms with van der Waals surface area (Å²) in [6.45, 7) is 8.12. The zero-order valence-corrected chi connectivity index (χ0v) is 18.3. The van der Waals surface area contributed by atoms with E-state index in [0.717, 1.165) is 21.6 Å². The SMILES string of the molecule is CCOC(=O)n1nc(NC(=O)c2ccc(C(C)(C)C)cc2)c2sc(C(=O)OC)cc21. The number of hydrogen-bond donors (Lipinski definition) is 1. The molecule has 30 heavy (non-hydrogen) atoms. The number of hydrogen-bond acceptors (Lipinski definition) is 7. The molecule has 1 N–H and O–H groups in total. The van der Waals surface area contributed by atoms with Crippen LogP contribution in [0.5, 0.6) is 0 Å². The van der Waals surface area contributed by atoms with E-state index in [4.69, 9.17) is 9.47 Å². The number of aromatic nitrogens is 2. The number of benzene rings is 1. The predicted octanol–water partition coefficient (Wildman–Crippen LogP) is 4.44. The molecular formula is C21H23N3O5S. The van der Waals surface area contributed by atoms with E-state index in [0.29, 0.717) is 15.8 Å². The molecule has 3 rings (SSSR count). The molecule has 9 heteroatoms. The molecule has 0 aliphatic heterocycles. The first-order valence-corrected chi connectivity index (χ1v) is 10.2. The molecule has 0 fully saturated rings. The topological polar surface area (TPSA) is 99.5 Å². The Morgan fingerprint density at radius 2 is 1.83 bits per heavy atom. The standard InChI is InChI=1S/C21H23N3O5S/c1-6-29-20(27)24-14-11-15(19(26)28-5)30-16(14)17(23-24)22-18(25)12-7-9-13(10-8-12)21(2,3)4/h7-11H,6H2,1-5H3,(H,22,23,25). The van der Waals surface area contributed by atoms with Crippen LogP contribution in [0.1, 0.15) is 53.3 Å². The smallest absolute Gasteiger partial charge is 0.435 e. The maximum atomic E-state index is 12.8. The second-order valence-electron chi connectivity index (χ2n) is 7.56. The Hall–Kier alpha value is -3.20. The van der Waals surface area contributed by atoms with Crippen molar-refractivity contribution < 1.29 is 23.9 Å². The fourth-order valence-electron chi connectivity index (χ4n) is 2.82. The third-order valence-corrected chi connectivity index (χ3v) is 5.54. The van der Waals surface area contributed by atoms with Crippen molar-refractivity contribution in [3.63, 3.8) is 0 Å². The molecule has 158 valence electrons. The summed E-state index contributed by atoms with van der Waals surface area (Å²) in [5.41, 5.74) is 1.89. The van der Waals surface area contributed by atoms with Crippen molar-refractivity contribution in [2.45, 2.75) is 33.1 Å². The number of fused-ring (bicyclic) bond motifs is 1. The molecule has 0 saturated heterocycles. The highest BCUT2D eigenvalue weighted by Gasteiger charge is 2.24. The van der Waals surface area contributed by atoms with Gasteiger partial charge in [-0.25, -0.2) is 9.59 Å². The highest BCUT2D eigenvalue weighted by molar-refractivity contribution is 7.21. The Balaban J connectivity index is 1.96. The van der Waals surface area contributed by atoms with Gasteiger partial charge in [0.1, 0.15) is 4.88 Å². The van der Waals surface area contributed by atoms with Crippen LogP contribution in [-0.2, 0) is 14.9 Å². The van der Waals surface area contributed by atoms with Crippen LogP contribution < -0.4 is 5.32 Å². The minimum atomic E-state index is -0.702. The summed E-state index contributed by atoms with van der Waals surface area (Å²) in [4.78, 5) is 37.2. The van der Waals surface area contributed by atoms with Crippen LogP contribution in [0.3, 0.4) is 0 Å². The van der Waals surface area contributed by atoms with Crippen molar-refractivity contribution >= 4 is 45.3 Å². The first-order chi connectivity index (χ1) is 14.2. The van der Waals surface area contributed by atoms with Crippen molar-refractivity contribution in [2.75, 3.05) is 19.0 Å². The van der Waals surface area contributed by atoms with Crippen molar-refractivity contribution in [2.24, 2.45) is 0 Å². The molecule has 0 saturated carbocycles. The van der Waals surface area contributed by atoms with Gasteiger partial charge in [-0.15, -0.1) is 16.4 Å². The monoisotopic (exact) mass is 429 g/mol. The van der Waals surface area contributed by atoms with E-state index in [1.165, 1.54) is 13.2 Å². The van der Waals surface area contributed by atoms with Gasteiger partial charge in [0, 0.05) is 5.56 Å². The van der Waals surface area contributed by atoms with Crippen molar-refractivity contribution in [1.29, 1.82) is 0 Å². The lowest BCUT2D eigenvalue weighted by atomic mass is 9.87. The molecule has 0 aliphatic carbocycles. The van der Waals surface area contributed by atoms with Gasteiger partial charge < -0.3 is 14.8 Å². The number of rotatable bonds is 4. The summed E-state index contributed by atoms with van der Waals surface area (Å²) in [5, 5.41) is 6.91. The van der Waals surface area contributed by atoms with Crippen molar-refractivity contribution in [1.82, 2.24) is 9.78 Å². The number of methoxy groups -OCH3 is 1. The molecule has 0 spiro atoms. The Morgan fingerprint density at radius 1 is 1.17 bits per heavy atom. The Bertz CT molecular complexity index is 1110. The van der Waals surface area contributed by atoms with E-state index in [2.05, 4.69) is 31.2 Å². The van der Waals surface area contributed by atoms with E-state index < -0.39 is 12.1 Å². The number of ether oxygens (including phenoxy) is 2. The predicted molar refractivity (Wildman–Crippen MR) is 114 cm³/mol. The summed E-state index contributed by atoms with van der Waals surface area (Å²) in [6.07, 6.45) is -0.702.